The van der Waals surface area contributed by atoms with E-state index in [2.05, 4.69) is 10.1 Å². The molecule has 0 saturated heterocycles. The van der Waals surface area contributed by atoms with Crippen LogP contribution in [0.5, 0.6) is 0 Å². The van der Waals surface area contributed by atoms with Crippen LogP contribution in [0.1, 0.15) is 0 Å². The van der Waals surface area contributed by atoms with Crippen LogP contribution in [-0.4, -0.2) is 14.2 Å². The summed E-state index contributed by atoms with van der Waals surface area (Å²) >= 11 is 0. The van der Waals surface area contributed by atoms with Crippen molar-refractivity contribution in [2.45, 2.75) is 0 Å². The second-order valence-electron chi connectivity index (χ2n) is 1.59. The molecule has 4 heteroatoms. The van der Waals surface area contributed by atoms with Crippen molar-refractivity contribution in [1.29, 1.82) is 0 Å². The van der Waals surface area contributed by atoms with Gasteiger partial charge in [0.25, 0.3) is 0 Å². The van der Waals surface area contributed by atoms with Gasteiger partial charge in [-0.1, -0.05) is 5.92 Å². The average Bonchev–Trinajstić information content (AvgIpc) is 2.10. The molecule has 0 N–H and O–H groups in total. The summed E-state index contributed by atoms with van der Waals surface area (Å²) in [5, 5.41) is 0. The van der Waals surface area contributed by atoms with E-state index in [-0.39, 0.29) is 5.75 Å². The van der Waals surface area contributed by atoms with E-state index in [9.17, 15) is 8.42 Å². The van der Waals surface area contributed by atoms with Crippen LogP contribution in [0.4, 0.5) is 0 Å². The van der Waals surface area contributed by atoms with Gasteiger partial charge in [0.2, 0.25) is 0 Å². The Morgan fingerprint density at radius 3 is 2.67 bits per heavy atom. The molecule has 0 atom stereocenters. The first-order valence-corrected chi connectivity index (χ1v) is 3.78. The molecular formula is C5H4O3S. The van der Waals surface area contributed by atoms with E-state index in [0.29, 0.717) is 5.57 Å². The van der Waals surface area contributed by atoms with E-state index in [0.717, 1.165) is 6.26 Å². The molecule has 48 valence electrons. The van der Waals surface area contributed by atoms with Crippen molar-refractivity contribution >= 4 is 10.1 Å². The lowest BCUT2D eigenvalue weighted by Gasteiger charge is -1.86. The predicted octanol–water partition coefficient (Wildman–Crippen LogP) is -0.136. The lowest BCUT2D eigenvalue weighted by Crippen LogP contribution is -1.99. The molecule has 0 aromatic heterocycles. The Labute approximate surface area is 53.5 Å². The van der Waals surface area contributed by atoms with Crippen LogP contribution >= 0.6 is 0 Å². The van der Waals surface area contributed by atoms with Crippen molar-refractivity contribution in [2.24, 2.45) is 0 Å². The van der Waals surface area contributed by atoms with Crippen molar-refractivity contribution < 1.29 is 12.6 Å². The number of rotatable bonds is 0. The fraction of sp³-hybridized carbons (Fsp3) is 0.200. The molecule has 0 spiro atoms. The van der Waals surface area contributed by atoms with E-state index >= 15 is 0 Å². The fourth-order valence-corrected chi connectivity index (χ4v) is 1.33. The Morgan fingerprint density at radius 1 is 1.78 bits per heavy atom. The highest BCUT2D eigenvalue weighted by Crippen LogP contribution is 2.10. The van der Waals surface area contributed by atoms with Crippen molar-refractivity contribution in [1.82, 2.24) is 0 Å². The minimum Gasteiger partial charge on any atom is -0.389 e. The molecule has 0 aromatic rings. The molecule has 0 aliphatic carbocycles. The van der Waals surface area contributed by atoms with Crippen LogP contribution in [0.25, 0.3) is 0 Å². The largest absolute Gasteiger partial charge is 0.389 e. The third-order valence-corrected chi connectivity index (χ3v) is 1.91. The summed E-state index contributed by atoms with van der Waals surface area (Å²) in [6, 6.07) is 0. The highest BCUT2D eigenvalue weighted by atomic mass is 32.2. The van der Waals surface area contributed by atoms with Crippen LogP contribution in [0, 0.1) is 12.3 Å². The fourth-order valence-electron chi connectivity index (χ4n) is 0.466. The molecule has 0 fully saturated rings. The van der Waals surface area contributed by atoms with Gasteiger partial charge in [-0.2, -0.15) is 8.42 Å². The molecule has 0 saturated carbocycles. The summed E-state index contributed by atoms with van der Waals surface area (Å²) in [5.41, 5.74) is 0.370. The van der Waals surface area contributed by atoms with Crippen LogP contribution in [0.2, 0.25) is 0 Å². The molecule has 0 amide bonds. The van der Waals surface area contributed by atoms with Gasteiger partial charge in [0.05, 0.1) is 5.57 Å². The van der Waals surface area contributed by atoms with Gasteiger partial charge >= 0.3 is 10.1 Å². The minimum atomic E-state index is -3.34. The van der Waals surface area contributed by atoms with E-state index < -0.39 is 10.1 Å². The molecule has 1 heterocycles. The smallest absolute Gasteiger partial charge is 0.313 e. The lowest BCUT2D eigenvalue weighted by molar-refractivity contribution is 0.457. The summed E-state index contributed by atoms with van der Waals surface area (Å²) in [6.07, 6.45) is 5.97. The third kappa shape index (κ3) is 1.24. The van der Waals surface area contributed by atoms with Crippen LogP contribution < -0.4 is 0 Å². The van der Waals surface area contributed by atoms with Crippen LogP contribution in [0.3, 0.4) is 0 Å². The Bertz CT molecular complexity index is 278. The van der Waals surface area contributed by atoms with E-state index in [1.54, 1.807) is 0 Å². The number of hydrogen-bond donors (Lipinski definition) is 0. The van der Waals surface area contributed by atoms with Gasteiger partial charge in [0, 0.05) is 0 Å². The van der Waals surface area contributed by atoms with Crippen molar-refractivity contribution in [3.8, 4) is 12.3 Å². The highest BCUT2D eigenvalue weighted by molar-refractivity contribution is 7.87. The first-order chi connectivity index (χ1) is 4.14. The zero-order chi connectivity index (χ0) is 6.91. The number of hydrogen-bond acceptors (Lipinski definition) is 3. The zero-order valence-electron chi connectivity index (χ0n) is 4.49. The predicted molar refractivity (Wildman–Crippen MR) is 31.8 cm³/mol. The summed E-state index contributed by atoms with van der Waals surface area (Å²) in [7, 11) is -3.34. The van der Waals surface area contributed by atoms with Gasteiger partial charge < -0.3 is 4.18 Å². The monoisotopic (exact) mass is 144 g/mol. The van der Waals surface area contributed by atoms with E-state index in [1.165, 1.54) is 0 Å². The van der Waals surface area contributed by atoms with Crippen LogP contribution in [-0.2, 0) is 14.3 Å². The summed E-state index contributed by atoms with van der Waals surface area (Å²) in [6.45, 7) is 0. The molecule has 0 radical (unpaired) electrons. The van der Waals surface area contributed by atoms with Gasteiger partial charge in [-0.05, 0) is 0 Å². The Hall–Kier alpha value is -0.950. The first-order valence-electron chi connectivity index (χ1n) is 2.21. The van der Waals surface area contributed by atoms with Gasteiger partial charge in [-0.15, -0.1) is 6.42 Å². The van der Waals surface area contributed by atoms with Crippen molar-refractivity contribution in [3.63, 3.8) is 0 Å². The quantitative estimate of drug-likeness (QED) is 0.351. The van der Waals surface area contributed by atoms with Crippen molar-refractivity contribution in [3.05, 3.63) is 11.8 Å². The van der Waals surface area contributed by atoms with E-state index in [4.69, 9.17) is 6.42 Å². The standard InChI is InChI=1S/C5H4O3S/c1-2-5-3-8-9(6,7)4-5/h1,3H,4H2. The van der Waals surface area contributed by atoms with Gasteiger partial charge in [-0.3, -0.25) is 0 Å². The topological polar surface area (TPSA) is 43.4 Å². The van der Waals surface area contributed by atoms with E-state index in [1.807, 2.05) is 0 Å². The first kappa shape index (κ1) is 6.17. The normalized spacial score (nSPS) is 21.9. The maximum atomic E-state index is 10.4. The maximum Gasteiger partial charge on any atom is 0.313 e. The molecule has 0 unspecified atom stereocenters. The molecule has 0 aromatic carbocycles. The summed E-state index contributed by atoms with van der Waals surface area (Å²) < 4.78 is 25.1. The second-order valence-corrected chi connectivity index (χ2v) is 3.18. The van der Waals surface area contributed by atoms with Crippen LogP contribution in [0.15, 0.2) is 11.8 Å². The Balaban J connectivity index is 2.87. The molecule has 3 nitrogen and oxygen atoms in total. The Kier molecular flexibility index (Phi) is 1.22. The molecule has 1 aliphatic rings. The minimum absolute atomic E-state index is 0.163. The van der Waals surface area contributed by atoms with Crippen molar-refractivity contribution in [2.75, 3.05) is 5.75 Å². The second kappa shape index (κ2) is 1.78. The van der Waals surface area contributed by atoms with Gasteiger partial charge in [0.1, 0.15) is 12.0 Å². The molecule has 1 rings (SSSR count). The summed E-state index contributed by atoms with van der Waals surface area (Å²) in [4.78, 5) is 0. The third-order valence-electron chi connectivity index (χ3n) is 0.855. The molecule has 9 heavy (non-hydrogen) atoms. The van der Waals surface area contributed by atoms with Gasteiger partial charge in [-0.25, -0.2) is 0 Å². The SMILES string of the molecule is C#CC1=COS(=O)(=O)C1. The number of terminal acetylenes is 1. The highest BCUT2D eigenvalue weighted by Gasteiger charge is 2.19. The van der Waals surface area contributed by atoms with Gasteiger partial charge in [0.15, 0.2) is 0 Å². The molecule has 0 bridgehead atoms. The lowest BCUT2D eigenvalue weighted by atomic mass is 10.4. The molecular weight excluding hydrogens is 140 g/mol. The average molecular weight is 144 g/mol. The maximum absolute atomic E-state index is 10.4. The Morgan fingerprint density at radius 2 is 2.44 bits per heavy atom. The summed E-state index contributed by atoms with van der Waals surface area (Å²) in [5.74, 6) is 2.01. The zero-order valence-corrected chi connectivity index (χ0v) is 5.31. The molecule has 1 aliphatic heterocycles.